The van der Waals surface area contributed by atoms with Crippen LogP contribution in [0.2, 0.25) is 0 Å². The van der Waals surface area contributed by atoms with Crippen molar-refractivity contribution in [3.05, 3.63) is 76.9 Å². The van der Waals surface area contributed by atoms with E-state index in [-0.39, 0.29) is 5.92 Å². The number of benzene rings is 1. The van der Waals surface area contributed by atoms with Crippen LogP contribution in [0, 0.1) is 17.7 Å². The first-order valence-electron chi connectivity index (χ1n) is 12.6. The summed E-state index contributed by atoms with van der Waals surface area (Å²) in [4.78, 5) is 3.77. The van der Waals surface area contributed by atoms with E-state index in [1.165, 1.54) is 17.8 Å². The smallest absolute Gasteiger partial charge is 0.428 e. The molecule has 1 aromatic carbocycles. The van der Waals surface area contributed by atoms with Crippen molar-refractivity contribution < 1.29 is 44.6 Å². The second-order valence-corrected chi connectivity index (χ2v) is 10.0. The minimum Gasteiger partial charge on any atom is -0.428 e. The van der Waals surface area contributed by atoms with E-state index >= 15 is 0 Å². The van der Waals surface area contributed by atoms with Crippen molar-refractivity contribution in [2.24, 2.45) is 11.8 Å². The fourth-order valence-corrected chi connectivity index (χ4v) is 5.04. The fourth-order valence-electron chi connectivity index (χ4n) is 5.04. The van der Waals surface area contributed by atoms with Crippen LogP contribution in [0.4, 0.5) is 35.1 Å². The Hall–Kier alpha value is -3.11. The van der Waals surface area contributed by atoms with Crippen LogP contribution in [-0.2, 0) is 6.11 Å². The maximum Gasteiger partial charge on any atom is 0.573 e. The minimum atomic E-state index is -5.15. The molecule has 1 atom stereocenters. The number of hydrogen-bond acceptors (Lipinski definition) is 3. The Labute approximate surface area is 220 Å². The highest BCUT2D eigenvalue weighted by atomic mass is 19.4. The van der Waals surface area contributed by atoms with Gasteiger partial charge in [0.2, 0.25) is 0 Å². The Morgan fingerprint density at radius 2 is 1.56 bits per heavy atom. The third kappa shape index (κ3) is 7.30. The van der Waals surface area contributed by atoms with Gasteiger partial charge in [-0.15, -0.1) is 13.2 Å². The molecule has 0 radical (unpaired) electrons. The number of ether oxygens (including phenoxy) is 2. The zero-order valence-corrected chi connectivity index (χ0v) is 21.0. The summed E-state index contributed by atoms with van der Waals surface area (Å²) in [6, 6.07) is 4.07. The zero-order chi connectivity index (χ0) is 28.4. The average Bonchev–Trinajstić information content (AvgIpc) is 2.89. The van der Waals surface area contributed by atoms with E-state index in [2.05, 4.69) is 14.5 Å². The molecule has 0 N–H and O–H groups in total. The SMILES string of the molecule is CC1=CCC(/C(F)=C(\F)C2CCC(c3ccc(C(F)(F)Oc4ccc(OC(F)(F)F)c(F)c4)nc3)CC2)CC1. The van der Waals surface area contributed by atoms with Crippen LogP contribution in [0.1, 0.15) is 69.0 Å². The molecule has 2 aromatic rings. The second kappa shape index (κ2) is 11.6. The molecule has 0 bridgehead atoms. The summed E-state index contributed by atoms with van der Waals surface area (Å²) < 4.78 is 117. The summed E-state index contributed by atoms with van der Waals surface area (Å²) in [6.07, 6.45) is -2.19. The molecule has 1 saturated carbocycles. The Bertz CT molecular complexity index is 1220. The molecular formula is C28H27F8NO2. The predicted octanol–water partition coefficient (Wildman–Crippen LogP) is 9.42. The molecule has 1 fully saturated rings. The fraction of sp³-hybridized carbons (Fsp3) is 0.464. The minimum absolute atomic E-state index is 0.0660. The quantitative estimate of drug-likeness (QED) is 0.249. The van der Waals surface area contributed by atoms with E-state index in [1.54, 1.807) is 0 Å². The summed E-state index contributed by atoms with van der Waals surface area (Å²) in [7, 11) is 0. The van der Waals surface area contributed by atoms with Gasteiger partial charge >= 0.3 is 12.5 Å². The van der Waals surface area contributed by atoms with Gasteiger partial charge in [0.25, 0.3) is 0 Å². The molecule has 1 aromatic heterocycles. The standard InChI is InChI=1S/C28H27F8NO2/c1-16-2-4-18(5-3-16)25(30)26(31)19-8-6-17(7-9-19)20-10-13-24(37-15-20)27(32,33)38-21-11-12-23(22(29)14-21)39-28(34,35)36/h2,10-15,17-19H,3-9H2,1H3/b26-25+. The highest BCUT2D eigenvalue weighted by Gasteiger charge is 2.38. The van der Waals surface area contributed by atoms with Gasteiger partial charge < -0.3 is 9.47 Å². The number of aromatic nitrogens is 1. The monoisotopic (exact) mass is 561 g/mol. The van der Waals surface area contributed by atoms with Gasteiger partial charge in [-0.25, -0.2) is 13.2 Å². The summed E-state index contributed by atoms with van der Waals surface area (Å²) in [5, 5.41) is 0. The van der Waals surface area contributed by atoms with E-state index < -0.39 is 59.0 Å². The van der Waals surface area contributed by atoms with Crippen molar-refractivity contribution in [1.82, 2.24) is 4.98 Å². The number of halogens is 8. The Kier molecular flexibility index (Phi) is 8.56. The molecule has 0 aliphatic heterocycles. The first-order valence-corrected chi connectivity index (χ1v) is 12.6. The lowest BCUT2D eigenvalue weighted by Crippen LogP contribution is -2.24. The van der Waals surface area contributed by atoms with Crippen LogP contribution in [0.15, 0.2) is 59.8 Å². The molecule has 2 aliphatic carbocycles. The van der Waals surface area contributed by atoms with Crippen LogP contribution >= 0.6 is 0 Å². The van der Waals surface area contributed by atoms with Crippen molar-refractivity contribution in [1.29, 1.82) is 0 Å². The molecule has 0 amide bonds. The largest absolute Gasteiger partial charge is 0.573 e. The number of hydrogen-bond donors (Lipinski definition) is 0. The van der Waals surface area contributed by atoms with Gasteiger partial charge in [0.1, 0.15) is 17.4 Å². The van der Waals surface area contributed by atoms with Crippen molar-refractivity contribution >= 4 is 0 Å². The topological polar surface area (TPSA) is 31.4 Å². The Balaban J connectivity index is 1.35. The zero-order valence-electron chi connectivity index (χ0n) is 21.0. The maximum absolute atomic E-state index is 14.9. The Morgan fingerprint density at radius 3 is 2.13 bits per heavy atom. The van der Waals surface area contributed by atoms with E-state index in [9.17, 15) is 35.1 Å². The lowest BCUT2D eigenvalue weighted by molar-refractivity contribution is -0.275. The summed E-state index contributed by atoms with van der Waals surface area (Å²) >= 11 is 0. The summed E-state index contributed by atoms with van der Waals surface area (Å²) in [5.74, 6) is -5.77. The number of alkyl halides is 5. The van der Waals surface area contributed by atoms with Gasteiger partial charge in [-0.1, -0.05) is 17.7 Å². The molecule has 212 valence electrons. The molecule has 11 heteroatoms. The molecular weight excluding hydrogens is 534 g/mol. The van der Waals surface area contributed by atoms with Crippen LogP contribution in [0.25, 0.3) is 0 Å². The van der Waals surface area contributed by atoms with Crippen LogP contribution in [0.5, 0.6) is 11.5 Å². The van der Waals surface area contributed by atoms with Gasteiger partial charge in [0.05, 0.1) is 0 Å². The van der Waals surface area contributed by atoms with Crippen molar-refractivity contribution in [2.75, 3.05) is 0 Å². The van der Waals surface area contributed by atoms with Gasteiger partial charge in [0.15, 0.2) is 17.3 Å². The van der Waals surface area contributed by atoms with Crippen molar-refractivity contribution in [3.63, 3.8) is 0 Å². The molecule has 1 heterocycles. The first-order chi connectivity index (χ1) is 18.3. The number of allylic oxidation sites excluding steroid dienone is 4. The first kappa shape index (κ1) is 28.9. The third-order valence-electron chi connectivity index (χ3n) is 7.24. The van der Waals surface area contributed by atoms with Gasteiger partial charge in [-0.05, 0) is 81.5 Å². The maximum atomic E-state index is 14.9. The van der Waals surface area contributed by atoms with E-state index in [1.807, 2.05) is 13.0 Å². The number of nitrogens with zero attached hydrogens (tertiary/aromatic N) is 1. The molecule has 39 heavy (non-hydrogen) atoms. The van der Waals surface area contributed by atoms with Crippen LogP contribution in [-0.4, -0.2) is 11.3 Å². The number of rotatable bonds is 7. The normalized spacial score (nSPS) is 23.1. The molecule has 1 unspecified atom stereocenters. The van der Waals surface area contributed by atoms with E-state index in [4.69, 9.17) is 0 Å². The van der Waals surface area contributed by atoms with Crippen molar-refractivity contribution in [3.8, 4) is 11.5 Å². The predicted molar refractivity (Wildman–Crippen MR) is 127 cm³/mol. The molecule has 3 nitrogen and oxygen atoms in total. The van der Waals surface area contributed by atoms with Gasteiger partial charge in [-0.2, -0.15) is 8.78 Å². The lowest BCUT2D eigenvalue weighted by Gasteiger charge is -2.29. The molecule has 4 rings (SSSR count). The summed E-state index contributed by atoms with van der Waals surface area (Å²) in [5.41, 5.74) is 1.06. The highest BCUT2D eigenvalue weighted by molar-refractivity contribution is 5.34. The number of pyridine rings is 1. The lowest BCUT2D eigenvalue weighted by atomic mass is 9.77. The molecule has 2 aliphatic rings. The average molecular weight is 562 g/mol. The Morgan fingerprint density at radius 1 is 0.872 bits per heavy atom. The van der Waals surface area contributed by atoms with Crippen LogP contribution in [0.3, 0.4) is 0 Å². The molecule has 0 spiro atoms. The highest BCUT2D eigenvalue weighted by Crippen LogP contribution is 2.43. The third-order valence-corrected chi connectivity index (χ3v) is 7.24. The van der Waals surface area contributed by atoms with Crippen molar-refractivity contribution in [2.45, 2.75) is 70.3 Å². The molecule has 0 saturated heterocycles. The van der Waals surface area contributed by atoms with Gasteiger partial charge in [0, 0.05) is 24.1 Å². The van der Waals surface area contributed by atoms with E-state index in [0.717, 1.165) is 12.5 Å². The van der Waals surface area contributed by atoms with E-state index in [0.29, 0.717) is 62.3 Å². The van der Waals surface area contributed by atoms with Crippen LogP contribution < -0.4 is 9.47 Å². The van der Waals surface area contributed by atoms with Gasteiger partial charge in [-0.3, -0.25) is 4.98 Å². The second-order valence-electron chi connectivity index (χ2n) is 10.0. The summed E-state index contributed by atoms with van der Waals surface area (Å²) in [6.45, 7) is 1.98.